The molecule has 0 bridgehead atoms. The van der Waals surface area contributed by atoms with Crippen molar-refractivity contribution < 1.29 is 0 Å². The van der Waals surface area contributed by atoms with E-state index in [9.17, 15) is 0 Å². The molecular weight excluding hydrogens is 146 g/mol. The van der Waals surface area contributed by atoms with Crippen molar-refractivity contribution in [1.82, 2.24) is 5.32 Å². The van der Waals surface area contributed by atoms with Crippen molar-refractivity contribution in [2.24, 2.45) is 5.92 Å². The first-order valence-corrected chi connectivity index (χ1v) is 5.52. The maximum Gasteiger partial charge on any atom is 0.00388 e. The average molecular weight is 169 g/mol. The lowest BCUT2D eigenvalue weighted by molar-refractivity contribution is 0.386. The third-order valence-corrected chi connectivity index (χ3v) is 2.90. The second kappa shape index (κ2) is 5.58. The van der Waals surface area contributed by atoms with Gasteiger partial charge in [0.05, 0.1) is 0 Å². The standard InChI is InChI=1S/C11H23N/c1-10-7-5-3-4-6-8-11(2)12-9-10/h10-12H,3-9H2,1-2H3/t10-,11+/m0/s1. The Balaban J connectivity index is 2.23. The van der Waals surface area contributed by atoms with Gasteiger partial charge in [0.2, 0.25) is 0 Å². The molecule has 0 amide bonds. The van der Waals surface area contributed by atoms with Crippen LogP contribution in [0.2, 0.25) is 0 Å². The third kappa shape index (κ3) is 4.10. The smallest absolute Gasteiger partial charge is 0.00388 e. The van der Waals surface area contributed by atoms with Gasteiger partial charge in [-0.15, -0.1) is 0 Å². The molecule has 1 fully saturated rings. The summed E-state index contributed by atoms with van der Waals surface area (Å²) in [5.41, 5.74) is 0. The van der Waals surface area contributed by atoms with E-state index in [-0.39, 0.29) is 0 Å². The molecule has 0 aromatic carbocycles. The van der Waals surface area contributed by atoms with Crippen molar-refractivity contribution in [3.05, 3.63) is 0 Å². The summed E-state index contributed by atoms with van der Waals surface area (Å²) in [6.45, 7) is 5.90. The monoisotopic (exact) mass is 169 g/mol. The van der Waals surface area contributed by atoms with E-state index in [1.165, 1.54) is 45.1 Å². The van der Waals surface area contributed by atoms with Crippen LogP contribution in [0.3, 0.4) is 0 Å². The lowest BCUT2D eigenvalue weighted by Gasteiger charge is -2.19. The quantitative estimate of drug-likeness (QED) is 0.588. The van der Waals surface area contributed by atoms with Crippen LogP contribution in [0, 0.1) is 5.92 Å². The topological polar surface area (TPSA) is 12.0 Å². The van der Waals surface area contributed by atoms with E-state index in [0.29, 0.717) is 0 Å². The summed E-state index contributed by atoms with van der Waals surface area (Å²) in [5.74, 6) is 0.880. The molecule has 0 aromatic rings. The van der Waals surface area contributed by atoms with Crippen molar-refractivity contribution in [3.8, 4) is 0 Å². The molecule has 12 heavy (non-hydrogen) atoms. The molecule has 1 N–H and O–H groups in total. The zero-order chi connectivity index (χ0) is 8.81. The molecule has 2 atom stereocenters. The summed E-state index contributed by atoms with van der Waals surface area (Å²) in [6.07, 6.45) is 8.54. The molecule has 0 spiro atoms. The molecule has 0 radical (unpaired) electrons. The molecule has 0 aromatic heterocycles. The molecule has 1 rings (SSSR count). The molecular formula is C11H23N. The SMILES string of the molecule is C[C@H]1CCCCCC[C@@H](C)NC1. The molecule has 1 heterocycles. The fraction of sp³-hybridized carbons (Fsp3) is 1.00. The summed E-state index contributed by atoms with van der Waals surface area (Å²) >= 11 is 0. The minimum Gasteiger partial charge on any atom is -0.314 e. The van der Waals surface area contributed by atoms with Gasteiger partial charge < -0.3 is 5.32 Å². The van der Waals surface area contributed by atoms with E-state index in [1.54, 1.807) is 0 Å². The van der Waals surface area contributed by atoms with Crippen molar-refractivity contribution in [2.45, 2.75) is 58.4 Å². The van der Waals surface area contributed by atoms with Crippen LogP contribution in [0.5, 0.6) is 0 Å². The first-order chi connectivity index (χ1) is 5.79. The van der Waals surface area contributed by atoms with Gasteiger partial charge in [-0.1, -0.05) is 32.6 Å². The van der Waals surface area contributed by atoms with E-state index in [1.807, 2.05) is 0 Å². The Morgan fingerprint density at radius 1 is 0.917 bits per heavy atom. The van der Waals surface area contributed by atoms with E-state index in [2.05, 4.69) is 19.2 Å². The summed E-state index contributed by atoms with van der Waals surface area (Å²) in [5, 5.41) is 3.60. The van der Waals surface area contributed by atoms with E-state index in [4.69, 9.17) is 0 Å². The van der Waals surface area contributed by atoms with Crippen LogP contribution < -0.4 is 5.32 Å². The molecule has 0 saturated carbocycles. The largest absolute Gasteiger partial charge is 0.314 e. The van der Waals surface area contributed by atoms with Crippen LogP contribution >= 0.6 is 0 Å². The predicted octanol–water partition coefficient (Wildman–Crippen LogP) is 2.95. The second-order valence-corrected chi connectivity index (χ2v) is 4.41. The Morgan fingerprint density at radius 3 is 2.33 bits per heavy atom. The zero-order valence-electron chi connectivity index (χ0n) is 8.60. The van der Waals surface area contributed by atoms with Crippen molar-refractivity contribution in [2.75, 3.05) is 6.54 Å². The summed E-state index contributed by atoms with van der Waals surface area (Å²) < 4.78 is 0. The predicted molar refractivity (Wildman–Crippen MR) is 54.3 cm³/mol. The first-order valence-electron chi connectivity index (χ1n) is 5.52. The van der Waals surface area contributed by atoms with Crippen LogP contribution in [-0.2, 0) is 0 Å². The van der Waals surface area contributed by atoms with Crippen molar-refractivity contribution in [1.29, 1.82) is 0 Å². The molecule has 1 nitrogen and oxygen atoms in total. The Hall–Kier alpha value is -0.0400. The highest BCUT2D eigenvalue weighted by molar-refractivity contribution is 4.66. The molecule has 0 aliphatic carbocycles. The fourth-order valence-corrected chi connectivity index (χ4v) is 1.90. The number of nitrogens with one attached hydrogen (secondary N) is 1. The van der Waals surface area contributed by atoms with Crippen LogP contribution in [0.15, 0.2) is 0 Å². The minimum absolute atomic E-state index is 0.741. The lowest BCUT2D eigenvalue weighted by Crippen LogP contribution is -2.30. The van der Waals surface area contributed by atoms with Gasteiger partial charge in [0.1, 0.15) is 0 Å². The maximum atomic E-state index is 3.60. The average Bonchev–Trinajstić information content (AvgIpc) is 2.07. The summed E-state index contributed by atoms with van der Waals surface area (Å²) in [7, 11) is 0. The third-order valence-electron chi connectivity index (χ3n) is 2.90. The van der Waals surface area contributed by atoms with Crippen LogP contribution in [0.1, 0.15) is 52.4 Å². The van der Waals surface area contributed by atoms with Gasteiger partial charge in [-0.05, 0) is 32.2 Å². The molecule has 1 saturated heterocycles. The normalized spacial score (nSPS) is 34.5. The van der Waals surface area contributed by atoms with Gasteiger partial charge in [0, 0.05) is 6.04 Å². The summed E-state index contributed by atoms with van der Waals surface area (Å²) in [4.78, 5) is 0. The van der Waals surface area contributed by atoms with Gasteiger partial charge >= 0.3 is 0 Å². The lowest BCUT2D eigenvalue weighted by atomic mass is 9.99. The van der Waals surface area contributed by atoms with E-state index < -0.39 is 0 Å². The Morgan fingerprint density at radius 2 is 1.58 bits per heavy atom. The number of rotatable bonds is 0. The van der Waals surface area contributed by atoms with E-state index >= 15 is 0 Å². The molecule has 1 heteroatoms. The van der Waals surface area contributed by atoms with Crippen LogP contribution in [0.25, 0.3) is 0 Å². The first kappa shape index (κ1) is 10.0. The van der Waals surface area contributed by atoms with Crippen molar-refractivity contribution in [3.63, 3.8) is 0 Å². The Bertz CT molecular complexity index is 97.6. The van der Waals surface area contributed by atoms with Crippen LogP contribution in [0.4, 0.5) is 0 Å². The minimum atomic E-state index is 0.741. The second-order valence-electron chi connectivity index (χ2n) is 4.41. The highest BCUT2D eigenvalue weighted by Gasteiger charge is 2.07. The highest BCUT2D eigenvalue weighted by atomic mass is 14.9. The Kier molecular flexibility index (Phi) is 4.67. The van der Waals surface area contributed by atoms with Crippen LogP contribution in [-0.4, -0.2) is 12.6 Å². The van der Waals surface area contributed by atoms with Gasteiger partial charge in [-0.25, -0.2) is 0 Å². The number of hydrogen-bond acceptors (Lipinski definition) is 1. The van der Waals surface area contributed by atoms with Gasteiger partial charge in [-0.2, -0.15) is 0 Å². The highest BCUT2D eigenvalue weighted by Crippen LogP contribution is 2.13. The Labute approximate surface area is 76.9 Å². The molecule has 1 aliphatic rings. The van der Waals surface area contributed by atoms with Crippen molar-refractivity contribution >= 4 is 0 Å². The fourth-order valence-electron chi connectivity index (χ4n) is 1.90. The van der Waals surface area contributed by atoms with Gasteiger partial charge in [-0.3, -0.25) is 0 Å². The van der Waals surface area contributed by atoms with Gasteiger partial charge in [0.15, 0.2) is 0 Å². The van der Waals surface area contributed by atoms with Gasteiger partial charge in [0.25, 0.3) is 0 Å². The molecule has 1 aliphatic heterocycles. The number of hydrogen-bond donors (Lipinski definition) is 1. The molecule has 0 unspecified atom stereocenters. The molecule has 72 valence electrons. The maximum absolute atomic E-state index is 3.60. The van der Waals surface area contributed by atoms with E-state index in [0.717, 1.165) is 12.0 Å². The zero-order valence-corrected chi connectivity index (χ0v) is 8.60. The summed E-state index contributed by atoms with van der Waals surface area (Å²) in [6, 6.07) is 0.741.